The molecule has 0 spiro atoms. The van der Waals surface area contributed by atoms with E-state index in [1.165, 1.54) is 6.92 Å². The van der Waals surface area contributed by atoms with Gasteiger partial charge in [-0.15, -0.1) is 0 Å². The van der Waals surface area contributed by atoms with Gasteiger partial charge in [0.05, 0.1) is 18.3 Å². The molecule has 106 valence electrons. The molecule has 0 saturated heterocycles. The van der Waals surface area contributed by atoms with Crippen LogP contribution in [0.25, 0.3) is 0 Å². The van der Waals surface area contributed by atoms with Crippen LogP contribution in [0.4, 0.5) is 0 Å². The van der Waals surface area contributed by atoms with E-state index in [2.05, 4.69) is 0 Å². The number of aliphatic hydroxyl groups is 1. The van der Waals surface area contributed by atoms with Gasteiger partial charge in [0.15, 0.2) is 5.92 Å². The fourth-order valence-corrected chi connectivity index (χ4v) is 1.42. The summed E-state index contributed by atoms with van der Waals surface area (Å²) >= 11 is 0. The van der Waals surface area contributed by atoms with Crippen molar-refractivity contribution >= 4 is 11.9 Å². The van der Waals surface area contributed by atoms with Gasteiger partial charge in [-0.25, -0.2) is 0 Å². The number of aliphatic hydroxyl groups excluding tert-OH is 1. The van der Waals surface area contributed by atoms with Crippen molar-refractivity contribution < 1.29 is 24.2 Å². The fourth-order valence-electron chi connectivity index (χ4n) is 1.42. The van der Waals surface area contributed by atoms with Gasteiger partial charge in [-0.2, -0.15) is 0 Å². The standard InChI is InChI=1S/C13H24O5/c1-7(2)17-12(15)11(9(5)10(6)14)13(16)18-8(3)4/h7-11,14H,1-6H3. The number of hydrogen-bond acceptors (Lipinski definition) is 5. The highest BCUT2D eigenvalue weighted by Gasteiger charge is 2.38. The van der Waals surface area contributed by atoms with Gasteiger partial charge in [0.1, 0.15) is 0 Å². The molecule has 0 rings (SSSR count). The molecule has 0 aliphatic heterocycles. The maximum atomic E-state index is 11.9. The van der Waals surface area contributed by atoms with Gasteiger partial charge in [-0.05, 0) is 34.6 Å². The van der Waals surface area contributed by atoms with Crippen LogP contribution in [0.5, 0.6) is 0 Å². The molecule has 0 bridgehead atoms. The van der Waals surface area contributed by atoms with Gasteiger partial charge in [-0.1, -0.05) is 6.92 Å². The van der Waals surface area contributed by atoms with Crippen molar-refractivity contribution in [2.24, 2.45) is 11.8 Å². The number of ether oxygens (including phenoxy) is 2. The molecule has 0 amide bonds. The van der Waals surface area contributed by atoms with Gasteiger partial charge in [-0.3, -0.25) is 9.59 Å². The topological polar surface area (TPSA) is 72.8 Å². The quantitative estimate of drug-likeness (QED) is 0.579. The molecule has 5 heteroatoms. The lowest BCUT2D eigenvalue weighted by molar-refractivity contribution is -0.171. The Labute approximate surface area is 108 Å². The monoisotopic (exact) mass is 260 g/mol. The average Bonchev–Trinajstić information content (AvgIpc) is 2.14. The fraction of sp³-hybridized carbons (Fsp3) is 0.846. The Balaban J connectivity index is 4.93. The van der Waals surface area contributed by atoms with Crippen LogP contribution in [0.2, 0.25) is 0 Å². The van der Waals surface area contributed by atoms with Crippen LogP contribution < -0.4 is 0 Å². The van der Waals surface area contributed by atoms with Gasteiger partial charge in [0, 0.05) is 5.92 Å². The predicted molar refractivity (Wildman–Crippen MR) is 66.8 cm³/mol. The zero-order chi connectivity index (χ0) is 14.5. The predicted octanol–water partition coefficient (Wildman–Crippen LogP) is 1.52. The lowest BCUT2D eigenvalue weighted by Crippen LogP contribution is -2.39. The minimum Gasteiger partial charge on any atom is -0.462 e. The van der Waals surface area contributed by atoms with Crippen molar-refractivity contribution in [2.75, 3.05) is 0 Å². The summed E-state index contributed by atoms with van der Waals surface area (Å²) in [5, 5.41) is 9.54. The molecule has 0 aromatic carbocycles. The summed E-state index contributed by atoms with van der Waals surface area (Å²) < 4.78 is 10.1. The van der Waals surface area contributed by atoms with Crippen LogP contribution in [0, 0.1) is 11.8 Å². The number of rotatable bonds is 6. The van der Waals surface area contributed by atoms with E-state index in [0.29, 0.717) is 0 Å². The average molecular weight is 260 g/mol. The second-order valence-corrected chi connectivity index (χ2v) is 5.05. The molecule has 5 nitrogen and oxygen atoms in total. The molecule has 0 aliphatic rings. The summed E-state index contributed by atoms with van der Waals surface area (Å²) in [5.41, 5.74) is 0. The van der Waals surface area contributed by atoms with Crippen LogP contribution in [-0.4, -0.2) is 35.4 Å². The minimum absolute atomic E-state index is 0.312. The SMILES string of the molecule is CC(C)OC(=O)C(C(=O)OC(C)C)C(C)C(C)O. The molecule has 0 radical (unpaired) electrons. The lowest BCUT2D eigenvalue weighted by atomic mass is 9.90. The molecule has 2 unspecified atom stereocenters. The van der Waals surface area contributed by atoms with E-state index in [9.17, 15) is 14.7 Å². The Hall–Kier alpha value is -1.10. The van der Waals surface area contributed by atoms with Gasteiger partial charge in [0.2, 0.25) is 0 Å². The van der Waals surface area contributed by atoms with Crippen LogP contribution in [0.1, 0.15) is 41.5 Å². The third-order valence-electron chi connectivity index (χ3n) is 2.50. The molecule has 0 aromatic rings. The van der Waals surface area contributed by atoms with Crippen molar-refractivity contribution in [3.63, 3.8) is 0 Å². The van der Waals surface area contributed by atoms with Crippen molar-refractivity contribution in [3.8, 4) is 0 Å². The Morgan fingerprint density at radius 1 is 0.833 bits per heavy atom. The Kier molecular flexibility index (Phi) is 6.91. The number of carbonyl (C=O) groups excluding carboxylic acids is 2. The van der Waals surface area contributed by atoms with Crippen LogP contribution in [0.15, 0.2) is 0 Å². The molecule has 0 aromatic heterocycles. The molecule has 0 saturated carbocycles. The lowest BCUT2D eigenvalue weighted by Gasteiger charge is -2.24. The van der Waals surface area contributed by atoms with E-state index < -0.39 is 29.9 Å². The number of esters is 2. The zero-order valence-electron chi connectivity index (χ0n) is 12.0. The second-order valence-electron chi connectivity index (χ2n) is 5.05. The van der Waals surface area contributed by atoms with Crippen molar-refractivity contribution in [1.29, 1.82) is 0 Å². The van der Waals surface area contributed by atoms with Crippen LogP contribution in [-0.2, 0) is 19.1 Å². The van der Waals surface area contributed by atoms with E-state index in [-0.39, 0.29) is 12.2 Å². The summed E-state index contributed by atoms with van der Waals surface area (Å²) in [6, 6.07) is 0. The van der Waals surface area contributed by atoms with Gasteiger partial charge in [0.25, 0.3) is 0 Å². The molecule has 0 fully saturated rings. The summed E-state index contributed by atoms with van der Waals surface area (Å²) in [6.45, 7) is 9.97. The summed E-state index contributed by atoms with van der Waals surface area (Å²) in [4.78, 5) is 23.8. The largest absolute Gasteiger partial charge is 0.462 e. The van der Waals surface area contributed by atoms with E-state index in [1.54, 1.807) is 34.6 Å². The summed E-state index contributed by atoms with van der Waals surface area (Å²) in [6.07, 6.45) is -1.42. The molecular formula is C13H24O5. The van der Waals surface area contributed by atoms with E-state index >= 15 is 0 Å². The molecular weight excluding hydrogens is 236 g/mol. The van der Waals surface area contributed by atoms with E-state index in [4.69, 9.17) is 9.47 Å². The van der Waals surface area contributed by atoms with Crippen LogP contribution in [0.3, 0.4) is 0 Å². The first-order valence-electron chi connectivity index (χ1n) is 6.25. The molecule has 2 atom stereocenters. The summed E-state index contributed by atoms with van der Waals surface area (Å²) in [5.74, 6) is -2.94. The van der Waals surface area contributed by atoms with Crippen molar-refractivity contribution in [2.45, 2.75) is 59.9 Å². The first-order valence-corrected chi connectivity index (χ1v) is 6.25. The third kappa shape index (κ3) is 5.49. The van der Waals surface area contributed by atoms with Crippen molar-refractivity contribution in [1.82, 2.24) is 0 Å². The second kappa shape index (κ2) is 7.36. The number of hydrogen-bond donors (Lipinski definition) is 1. The van der Waals surface area contributed by atoms with Gasteiger partial charge < -0.3 is 14.6 Å². The highest BCUT2D eigenvalue weighted by Crippen LogP contribution is 2.20. The highest BCUT2D eigenvalue weighted by atomic mass is 16.6. The van der Waals surface area contributed by atoms with E-state index in [1.807, 2.05) is 0 Å². The first kappa shape index (κ1) is 16.9. The smallest absolute Gasteiger partial charge is 0.320 e. The van der Waals surface area contributed by atoms with Crippen molar-refractivity contribution in [3.05, 3.63) is 0 Å². The van der Waals surface area contributed by atoms with Gasteiger partial charge >= 0.3 is 11.9 Å². The Bertz CT molecular complexity index is 261. The molecule has 1 N–H and O–H groups in total. The van der Waals surface area contributed by atoms with Crippen LogP contribution >= 0.6 is 0 Å². The molecule has 0 heterocycles. The molecule has 0 aliphatic carbocycles. The maximum absolute atomic E-state index is 11.9. The normalized spacial score (nSPS) is 14.8. The Morgan fingerprint density at radius 3 is 1.39 bits per heavy atom. The van der Waals surface area contributed by atoms with E-state index in [0.717, 1.165) is 0 Å². The Morgan fingerprint density at radius 2 is 1.17 bits per heavy atom. The maximum Gasteiger partial charge on any atom is 0.320 e. The highest BCUT2D eigenvalue weighted by molar-refractivity contribution is 5.95. The number of carbonyl (C=O) groups is 2. The zero-order valence-corrected chi connectivity index (χ0v) is 12.0. The first-order chi connectivity index (χ1) is 8.16. The third-order valence-corrected chi connectivity index (χ3v) is 2.50. The summed E-state index contributed by atoms with van der Waals surface area (Å²) in [7, 11) is 0. The minimum atomic E-state index is -1.09. The molecule has 18 heavy (non-hydrogen) atoms.